The quantitative estimate of drug-likeness (QED) is 0.848. The highest BCUT2D eigenvalue weighted by Crippen LogP contribution is 2.28. The molecule has 0 atom stereocenters. The maximum absolute atomic E-state index is 12.5. The van der Waals surface area contributed by atoms with Gasteiger partial charge in [-0.1, -0.05) is 19.3 Å². The van der Waals surface area contributed by atoms with Gasteiger partial charge < -0.3 is 5.32 Å². The SMILES string of the molecule is CNCc1scc(C)c1S(=O)(=O)NCC1CCCCC1. The Morgan fingerprint density at radius 1 is 1.30 bits per heavy atom. The van der Waals surface area contributed by atoms with Crippen molar-refractivity contribution >= 4 is 21.4 Å². The summed E-state index contributed by atoms with van der Waals surface area (Å²) >= 11 is 1.51. The van der Waals surface area contributed by atoms with Crippen molar-refractivity contribution < 1.29 is 8.42 Å². The lowest BCUT2D eigenvalue weighted by Crippen LogP contribution is -2.31. The van der Waals surface area contributed by atoms with Gasteiger partial charge in [0.25, 0.3) is 0 Å². The Labute approximate surface area is 126 Å². The van der Waals surface area contributed by atoms with E-state index in [1.807, 2.05) is 19.4 Å². The molecule has 0 bridgehead atoms. The molecule has 0 radical (unpaired) electrons. The fraction of sp³-hybridized carbons (Fsp3) is 0.714. The van der Waals surface area contributed by atoms with E-state index in [2.05, 4.69) is 10.0 Å². The molecule has 0 aromatic carbocycles. The van der Waals surface area contributed by atoms with Crippen molar-refractivity contribution in [2.45, 2.75) is 50.5 Å². The third-order valence-electron chi connectivity index (χ3n) is 3.88. The van der Waals surface area contributed by atoms with E-state index in [-0.39, 0.29) is 0 Å². The van der Waals surface area contributed by atoms with Crippen LogP contribution in [0.2, 0.25) is 0 Å². The highest BCUT2D eigenvalue weighted by atomic mass is 32.2. The van der Waals surface area contributed by atoms with Crippen molar-refractivity contribution in [2.24, 2.45) is 5.92 Å². The van der Waals surface area contributed by atoms with Crippen LogP contribution >= 0.6 is 11.3 Å². The van der Waals surface area contributed by atoms with Crippen molar-refractivity contribution in [3.63, 3.8) is 0 Å². The maximum Gasteiger partial charge on any atom is 0.241 e. The topological polar surface area (TPSA) is 58.2 Å². The molecule has 0 saturated heterocycles. The van der Waals surface area contributed by atoms with Gasteiger partial charge in [0.1, 0.15) is 4.90 Å². The molecule has 20 heavy (non-hydrogen) atoms. The summed E-state index contributed by atoms with van der Waals surface area (Å²) in [5, 5.41) is 4.95. The molecule has 1 fully saturated rings. The van der Waals surface area contributed by atoms with Gasteiger partial charge >= 0.3 is 0 Å². The molecule has 2 N–H and O–H groups in total. The monoisotopic (exact) mass is 316 g/mol. The van der Waals surface area contributed by atoms with Crippen LogP contribution in [0, 0.1) is 12.8 Å². The van der Waals surface area contributed by atoms with Gasteiger partial charge in [0.05, 0.1) is 0 Å². The van der Waals surface area contributed by atoms with Gasteiger partial charge in [0, 0.05) is 18.0 Å². The van der Waals surface area contributed by atoms with Crippen LogP contribution in [-0.4, -0.2) is 22.0 Å². The summed E-state index contributed by atoms with van der Waals surface area (Å²) < 4.78 is 27.9. The maximum atomic E-state index is 12.5. The lowest BCUT2D eigenvalue weighted by Gasteiger charge is -2.21. The molecule has 0 spiro atoms. The lowest BCUT2D eigenvalue weighted by molar-refractivity contribution is 0.357. The molecule has 6 heteroatoms. The largest absolute Gasteiger partial charge is 0.315 e. The van der Waals surface area contributed by atoms with Crippen LogP contribution in [-0.2, 0) is 16.6 Å². The normalized spacial score (nSPS) is 17.5. The molecular weight excluding hydrogens is 292 g/mol. The second-order valence-corrected chi connectivity index (χ2v) is 8.23. The molecule has 1 heterocycles. The zero-order chi connectivity index (χ0) is 14.6. The van der Waals surface area contributed by atoms with Crippen LogP contribution < -0.4 is 10.0 Å². The molecule has 114 valence electrons. The zero-order valence-corrected chi connectivity index (χ0v) is 13.9. The highest BCUT2D eigenvalue weighted by Gasteiger charge is 2.24. The Morgan fingerprint density at radius 2 is 2.00 bits per heavy atom. The van der Waals surface area contributed by atoms with Crippen molar-refractivity contribution in [3.8, 4) is 0 Å². The average molecular weight is 316 g/mol. The summed E-state index contributed by atoms with van der Waals surface area (Å²) in [6.45, 7) is 3.04. The van der Waals surface area contributed by atoms with E-state index in [0.717, 1.165) is 23.3 Å². The smallest absolute Gasteiger partial charge is 0.241 e. The van der Waals surface area contributed by atoms with Gasteiger partial charge in [0.15, 0.2) is 0 Å². The second-order valence-electron chi connectivity index (χ2n) is 5.56. The first-order chi connectivity index (χ1) is 9.54. The molecule has 0 amide bonds. The summed E-state index contributed by atoms with van der Waals surface area (Å²) in [7, 11) is -1.55. The van der Waals surface area contributed by atoms with Crippen LogP contribution in [0.1, 0.15) is 42.5 Å². The number of nitrogens with one attached hydrogen (secondary N) is 2. The second kappa shape index (κ2) is 7.02. The fourth-order valence-corrected chi connectivity index (χ4v) is 5.76. The van der Waals surface area contributed by atoms with E-state index in [0.29, 0.717) is 23.9 Å². The van der Waals surface area contributed by atoms with Gasteiger partial charge in [-0.25, -0.2) is 13.1 Å². The molecule has 0 aliphatic heterocycles. The zero-order valence-electron chi connectivity index (χ0n) is 12.2. The summed E-state index contributed by atoms with van der Waals surface area (Å²) in [5.41, 5.74) is 0.844. The van der Waals surface area contributed by atoms with Crippen molar-refractivity contribution in [1.82, 2.24) is 10.0 Å². The van der Waals surface area contributed by atoms with E-state index < -0.39 is 10.0 Å². The number of sulfonamides is 1. The molecule has 2 rings (SSSR count). The first-order valence-electron chi connectivity index (χ1n) is 7.26. The van der Waals surface area contributed by atoms with E-state index in [4.69, 9.17) is 0 Å². The Morgan fingerprint density at radius 3 is 2.65 bits per heavy atom. The van der Waals surface area contributed by atoms with E-state index in [9.17, 15) is 8.42 Å². The molecule has 1 aromatic heterocycles. The van der Waals surface area contributed by atoms with Crippen LogP contribution in [0.5, 0.6) is 0 Å². The van der Waals surface area contributed by atoms with Gasteiger partial charge in [-0.15, -0.1) is 11.3 Å². The predicted molar refractivity (Wildman–Crippen MR) is 83.6 cm³/mol. The van der Waals surface area contributed by atoms with Crippen LogP contribution in [0.3, 0.4) is 0 Å². The van der Waals surface area contributed by atoms with Crippen molar-refractivity contribution in [2.75, 3.05) is 13.6 Å². The molecule has 1 aliphatic carbocycles. The molecule has 1 aromatic rings. The number of hydrogen-bond acceptors (Lipinski definition) is 4. The number of aryl methyl sites for hydroxylation is 1. The molecular formula is C14H24N2O2S2. The van der Waals surface area contributed by atoms with Crippen LogP contribution in [0.25, 0.3) is 0 Å². The lowest BCUT2D eigenvalue weighted by atomic mass is 9.90. The Bertz CT molecular complexity index is 531. The third kappa shape index (κ3) is 3.81. The van der Waals surface area contributed by atoms with E-state index in [1.54, 1.807) is 0 Å². The average Bonchev–Trinajstić information content (AvgIpc) is 2.80. The Kier molecular flexibility index (Phi) is 5.60. The van der Waals surface area contributed by atoms with Crippen LogP contribution in [0.4, 0.5) is 0 Å². The van der Waals surface area contributed by atoms with Gasteiger partial charge in [-0.05, 0) is 43.7 Å². The van der Waals surface area contributed by atoms with Gasteiger partial charge in [-0.3, -0.25) is 0 Å². The Balaban J connectivity index is 2.07. The molecule has 0 unspecified atom stereocenters. The minimum Gasteiger partial charge on any atom is -0.315 e. The first-order valence-corrected chi connectivity index (χ1v) is 9.62. The van der Waals surface area contributed by atoms with Crippen molar-refractivity contribution in [3.05, 3.63) is 15.8 Å². The number of rotatable bonds is 6. The minimum atomic E-state index is -3.38. The highest BCUT2D eigenvalue weighted by molar-refractivity contribution is 7.89. The standard InChI is InChI=1S/C14H24N2O2S2/c1-11-10-19-13(9-15-2)14(11)20(17,18)16-8-12-6-4-3-5-7-12/h10,12,15-16H,3-9H2,1-2H3. The van der Waals surface area contributed by atoms with E-state index >= 15 is 0 Å². The van der Waals surface area contributed by atoms with Crippen molar-refractivity contribution in [1.29, 1.82) is 0 Å². The van der Waals surface area contributed by atoms with Gasteiger partial charge in [0.2, 0.25) is 10.0 Å². The number of hydrogen-bond donors (Lipinski definition) is 2. The molecule has 4 nitrogen and oxygen atoms in total. The first kappa shape index (κ1) is 15.9. The molecule has 1 saturated carbocycles. The summed E-state index contributed by atoms with van der Waals surface area (Å²) in [4.78, 5) is 1.37. The summed E-state index contributed by atoms with van der Waals surface area (Å²) in [6.07, 6.45) is 6.05. The Hall–Kier alpha value is -0.430. The summed E-state index contributed by atoms with van der Waals surface area (Å²) in [6, 6.07) is 0. The predicted octanol–water partition coefficient (Wildman–Crippen LogP) is 2.63. The minimum absolute atomic E-state index is 0.479. The fourth-order valence-electron chi connectivity index (χ4n) is 2.82. The number of thiophene rings is 1. The molecule has 1 aliphatic rings. The van der Waals surface area contributed by atoms with E-state index in [1.165, 1.54) is 30.6 Å². The van der Waals surface area contributed by atoms with Crippen LogP contribution in [0.15, 0.2) is 10.3 Å². The third-order valence-corrected chi connectivity index (χ3v) is 6.77. The van der Waals surface area contributed by atoms with Gasteiger partial charge in [-0.2, -0.15) is 0 Å². The summed E-state index contributed by atoms with van der Waals surface area (Å²) in [5.74, 6) is 0.505.